The number of methoxy groups -OCH3 is 1. The van der Waals surface area contributed by atoms with Gasteiger partial charge >= 0.3 is 11.9 Å². The monoisotopic (exact) mass is 365 g/mol. The second-order valence-electron chi connectivity index (χ2n) is 4.82. The Hall–Kier alpha value is -2.28. The van der Waals surface area contributed by atoms with Gasteiger partial charge in [-0.2, -0.15) is 5.48 Å². The molecule has 0 radical (unpaired) electrons. The summed E-state index contributed by atoms with van der Waals surface area (Å²) in [5.74, 6) is -3.83. The fourth-order valence-corrected chi connectivity index (χ4v) is 1.72. The van der Waals surface area contributed by atoms with Crippen LogP contribution in [0.1, 0.15) is 12.8 Å². The van der Waals surface area contributed by atoms with Crippen LogP contribution in [0, 0.1) is 0 Å². The molecule has 0 aliphatic rings. The van der Waals surface area contributed by atoms with Gasteiger partial charge in [0, 0.05) is 6.42 Å². The van der Waals surface area contributed by atoms with Crippen LogP contribution in [0.25, 0.3) is 0 Å². The topological polar surface area (TPSA) is 184 Å². The number of carboxylic acids is 1. The van der Waals surface area contributed by atoms with Gasteiger partial charge in [-0.3, -0.25) is 14.4 Å². The number of carbonyl (C=O) groups is 4. The predicted molar refractivity (Wildman–Crippen MR) is 80.9 cm³/mol. The summed E-state index contributed by atoms with van der Waals surface area (Å²) >= 11 is 0. The summed E-state index contributed by atoms with van der Waals surface area (Å²) < 4.78 is 4.40. The minimum absolute atomic E-state index is 0.280. The lowest BCUT2D eigenvalue weighted by atomic mass is 10.1. The molecule has 6 N–H and O–H groups in total. The third-order valence-corrected chi connectivity index (χ3v) is 3.02. The molecule has 0 aliphatic heterocycles. The summed E-state index contributed by atoms with van der Waals surface area (Å²) in [6, 6.07) is -3.89. The minimum Gasteiger partial charge on any atom is -0.481 e. The molecule has 0 heterocycles. The van der Waals surface area contributed by atoms with E-state index in [4.69, 9.17) is 15.3 Å². The van der Waals surface area contributed by atoms with E-state index in [0.29, 0.717) is 0 Å². The van der Waals surface area contributed by atoms with Crippen LogP contribution in [0.5, 0.6) is 0 Å². The van der Waals surface area contributed by atoms with Crippen LogP contribution in [-0.4, -0.2) is 84.6 Å². The van der Waals surface area contributed by atoms with Crippen LogP contribution in [0.4, 0.5) is 0 Å². The molecule has 0 saturated carbocycles. The second kappa shape index (κ2) is 12.1. The van der Waals surface area contributed by atoms with E-state index in [9.17, 15) is 19.2 Å². The summed E-state index contributed by atoms with van der Waals surface area (Å²) in [4.78, 5) is 50.8. The van der Waals surface area contributed by atoms with Crippen molar-refractivity contribution in [2.45, 2.75) is 31.0 Å². The Morgan fingerprint density at radius 1 is 0.920 bits per heavy atom. The van der Waals surface area contributed by atoms with Gasteiger partial charge in [0.2, 0.25) is 11.8 Å². The Labute approximate surface area is 143 Å². The standard InChI is InChI=1S/C13H23N3O9/c1-24-13(23)9(6-18)15-11(21)7(3-4-10(19)20)14-12(22)8(5-17)16-25-2/h7-9,16-18H,3-6H2,1-2H3,(H,14,22)(H,15,21)(H,19,20)/t7-,8?,9?/m0/s1. The molecule has 0 aliphatic carbocycles. The number of carbonyl (C=O) groups excluding carboxylic acids is 3. The Bertz CT molecular complexity index is 472. The molecule has 2 unspecified atom stereocenters. The van der Waals surface area contributed by atoms with E-state index in [0.717, 1.165) is 7.11 Å². The number of hydrogen-bond acceptors (Lipinski definition) is 9. The van der Waals surface area contributed by atoms with Crippen molar-refractivity contribution >= 4 is 23.8 Å². The van der Waals surface area contributed by atoms with Gasteiger partial charge < -0.3 is 35.5 Å². The molecule has 0 aromatic rings. The van der Waals surface area contributed by atoms with Gasteiger partial charge in [0.1, 0.15) is 12.1 Å². The first-order valence-corrected chi connectivity index (χ1v) is 7.21. The number of aliphatic hydroxyl groups is 2. The smallest absolute Gasteiger partial charge is 0.330 e. The summed E-state index contributed by atoms with van der Waals surface area (Å²) in [6.07, 6.45) is -0.723. The van der Waals surface area contributed by atoms with Crippen molar-refractivity contribution in [3.05, 3.63) is 0 Å². The molecule has 2 amide bonds. The van der Waals surface area contributed by atoms with E-state index in [1.54, 1.807) is 0 Å². The zero-order chi connectivity index (χ0) is 19.4. The molecule has 144 valence electrons. The Morgan fingerprint density at radius 3 is 1.88 bits per heavy atom. The van der Waals surface area contributed by atoms with Gasteiger partial charge in [0.25, 0.3) is 0 Å². The van der Waals surface area contributed by atoms with Crippen LogP contribution in [0.3, 0.4) is 0 Å². The van der Waals surface area contributed by atoms with Crippen LogP contribution >= 0.6 is 0 Å². The predicted octanol–water partition coefficient (Wildman–Crippen LogP) is -3.50. The zero-order valence-electron chi connectivity index (χ0n) is 13.9. The van der Waals surface area contributed by atoms with E-state index in [2.05, 4.69) is 25.7 Å². The van der Waals surface area contributed by atoms with Crippen molar-refractivity contribution in [1.29, 1.82) is 0 Å². The summed E-state index contributed by atoms with van der Waals surface area (Å²) in [7, 11) is 2.27. The SMILES string of the molecule is CONC(CO)C(=O)N[C@@H](CCC(=O)O)C(=O)NC(CO)C(=O)OC. The van der Waals surface area contributed by atoms with Crippen LogP contribution in [0.2, 0.25) is 0 Å². The van der Waals surface area contributed by atoms with Crippen molar-refractivity contribution in [1.82, 2.24) is 16.1 Å². The highest BCUT2D eigenvalue weighted by atomic mass is 16.6. The molecular formula is C13H23N3O9. The summed E-state index contributed by atoms with van der Waals surface area (Å²) in [6.45, 7) is -1.39. The van der Waals surface area contributed by atoms with E-state index in [1.807, 2.05) is 0 Å². The number of aliphatic carboxylic acids is 1. The number of aliphatic hydroxyl groups excluding tert-OH is 2. The van der Waals surface area contributed by atoms with Gasteiger partial charge in [-0.05, 0) is 6.42 Å². The van der Waals surface area contributed by atoms with Crippen LogP contribution in [-0.2, 0) is 28.8 Å². The average molecular weight is 365 g/mol. The number of rotatable bonds is 12. The molecular weight excluding hydrogens is 342 g/mol. The fraction of sp³-hybridized carbons (Fsp3) is 0.692. The third kappa shape index (κ3) is 8.39. The average Bonchev–Trinajstić information content (AvgIpc) is 2.59. The zero-order valence-corrected chi connectivity index (χ0v) is 13.9. The Balaban J connectivity index is 5.06. The lowest BCUT2D eigenvalue weighted by molar-refractivity contribution is -0.147. The van der Waals surface area contributed by atoms with Crippen LogP contribution < -0.4 is 16.1 Å². The molecule has 0 saturated heterocycles. The Kier molecular flexibility index (Phi) is 11.0. The normalized spacial score (nSPS) is 14.1. The van der Waals surface area contributed by atoms with E-state index in [1.165, 1.54) is 7.11 Å². The highest BCUT2D eigenvalue weighted by Gasteiger charge is 2.29. The first-order valence-electron chi connectivity index (χ1n) is 7.21. The lowest BCUT2D eigenvalue weighted by Crippen LogP contribution is -2.56. The quantitative estimate of drug-likeness (QED) is 0.150. The number of hydroxylamine groups is 1. The highest BCUT2D eigenvalue weighted by molar-refractivity contribution is 5.92. The van der Waals surface area contributed by atoms with E-state index < -0.39 is 61.5 Å². The van der Waals surface area contributed by atoms with Gasteiger partial charge in [0.05, 0.1) is 27.4 Å². The van der Waals surface area contributed by atoms with Crippen molar-refractivity contribution < 1.29 is 44.1 Å². The molecule has 12 heteroatoms. The molecule has 12 nitrogen and oxygen atoms in total. The highest BCUT2D eigenvalue weighted by Crippen LogP contribution is 2.01. The lowest BCUT2D eigenvalue weighted by Gasteiger charge is -2.23. The molecule has 3 atom stereocenters. The molecule has 0 spiro atoms. The maximum absolute atomic E-state index is 12.2. The maximum Gasteiger partial charge on any atom is 0.330 e. The Morgan fingerprint density at radius 2 is 1.44 bits per heavy atom. The molecule has 0 aromatic heterocycles. The molecule has 0 fully saturated rings. The number of esters is 1. The number of carboxylic acid groups (broad SMARTS) is 1. The molecule has 0 rings (SSSR count). The maximum atomic E-state index is 12.2. The molecule has 0 bridgehead atoms. The summed E-state index contributed by atoms with van der Waals surface area (Å²) in [5, 5.41) is 31.3. The third-order valence-electron chi connectivity index (χ3n) is 3.02. The van der Waals surface area contributed by atoms with E-state index >= 15 is 0 Å². The molecule has 0 aromatic carbocycles. The van der Waals surface area contributed by atoms with Crippen molar-refractivity contribution in [3.63, 3.8) is 0 Å². The summed E-state index contributed by atoms with van der Waals surface area (Å²) in [5.41, 5.74) is 2.20. The van der Waals surface area contributed by atoms with Gasteiger partial charge in [-0.25, -0.2) is 4.79 Å². The number of nitrogens with one attached hydrogen (secondary N) is 3. The van der Waals surface area contributed by atoms with Gasteiger partial charge in [-0.15, -0.1) is 0 Å². The van der Waals surface area contributed by atoms with Crippen molar-refractivity contribution in [2.75, 3.05) is 27.4 Å². The first kappa shape index (κ1) is 22.7. The molecule has 25 heavy (non-hydrogen) atoms. The number of hydrogen-bond donors (Lipinski definition) is 6. The van der Waals surface area contributed by atoms with Gasteiger partial charge in [-0.1, -0.05) is 0 Å². The number of amides is 2. The fourth-order valence-electron chi connectivity index (χ4n) is 1.72. The van der Waals surface area contributed by atoms with Crippen molar-refractivity contribution in [3.8, 4) is 0 Å². The largest absolute Gasteiger partial charge is 0.481 e. The van der Waals surface area contributed by atoms with Gasteiger partial charge in [0.15, 0.2) is 6.04 Å². The van der Waals surface area contributed by atoms with Crippen LogP contribution in [0.15, 0.2) is 0 Å². The minimum atomic E-state index is -1.37. The van der Waals surface area contributed by atoms with Crippen molar-refractivity contribution in [2.24, 2.45) is 0 Å². The first-order chi connectivity index (χ1) is 11.8. The second-order valence-corrected chi connectivity index (χ2v) is 4.82. The van der Waals surface area contributed by atoms with E-state index in [-0.39, 0.29) is 6.42 Å². The number of ether oxygens (including phenoxy) is 1.